The Morgan fingerprint density at radius 1 is 1.16 bits per heavy atom. The molecular formula is C23H23N3O4S. The summed E-state index contributed by atoms with van der Waals surface area (Å²) in [5.74, 6) is 1.23. The normalized spacial score (nSPS) is 18.2. The van der Waals surface area contributed by atoms with E-state index in [-0.39, 0.29) is 21.9 Å². The van der Waals surface area contributed by atoms with Crippen LogP contribution in [0.5, 0.6) is 5.75 Å². The van der Waals surface area contributed by atoms with Crippen LogP contribution < -0.4 is 14.4 Å². The van der Waals surface area contributed by atoms with Crippen molar-refractivity contribution in [3.63, 3.8) is 0 Å². The first-order valence-corrected chi connectivity index (χ1v) is 12.0. The third-order valence-electron chi connectivity index (χ3n) is 6.79. The molecule has 0 atom stereocenters. The van der Waals surface area contributed by atoms with Gasteiger partial charge in [-0.15, -0.1) is 0 Å². The van der Waals surface area contributed by atoms with Crippen LogP contribution in [-0.2, 0) is 21.9 Å². The van der Waals surface area contributed by atoms with E-state index < -0.39 is 10.0 Å². The molecule has 1 aromatic heterocycles. The summed E-state index contributed by atoms with van der Waals surface area (Å²) in [6, 6.07) is 13.1. The van der Waals surface area contributed by atoms with E-state index in [0.29, 0.717) is 5.76 Å². The van der Waals surface area contributed by atoms with Crippen LogP contribution in [0.15, 0.2) is 51.9 Å². The van der Waals surface area contributed by atoms with Gasteiger partial charge in [-0.1, -0.05) is 23.4 Å². The first-order valence-electron chi connectivity index (χ1n) is 10.5. The van der Waals surface area contributed by atoms with Gasteiger partial charge in [-0.2, -0.15) is 0 Å². The summed E-state index contributed by atoms with van der Waals surface area (Å²) in [5, 5.41) is 4.15. The summed E-state index contributed by atoms with van der Waals surface area (Å²) >= 11 is 0. The lowest BCUT2D eigenvalue weighted by atomic mass is 9.79. The van der Waals surface area contributed by atoms with Gasteiger partial charge in [0, 0.05) is 35.3 Å². The molecule has 1 spiro atoms. The Labute approximate surface area is 181 Å². The molecule has 0 radical (unpaired) electrons. The van der Waals surface area contributed by atoms with Gasteiger partial charge < -0.3 is 14.2 Å². The summed E-state index contributed by atoms with van der Waals surface area (Å²) < 4.78 is 39.8. The van der Waals surface area contributed by atoms with Crippen molar-refractivity contribution in [2.45, 2.75) is 36.0 Å². The van der Waals surface area contributed by atoms with Gasteiger partial charge in [0.15, 0.2) is 11.6 Å². The molecule has 1 aliphatic heterocycles. The molecule has 2 heterocycles. The number of nitrogens with zero attached hydrogens (tertiary/aromatic N) is 2. The fraction of sp³-hybridized carbons (Fsp3) is 0.348. The first-order chi connectivity index (χ1) is 15.0. The largest absolute Gasteiger partial charge is 0.495 e. The number of aromatic nitrogens is 1. The highest BCUT2D eigenvalue weighted by Gasteiger charge is 2.50. The average molecular weight is 438 g/mol. The second-order valence-corrected chi connectivity index (χ2v) is 10.3. The molecule has 3 aromatic rings. The highest BCUT2D eigenvalue weighted by atomic mass is 32.2. The minimum absolute atomic E-state index is 0.0615. The van der Waals surface area contributed by atoms with Gasteiger partial charge in [-0.05, 0) is 55.5 Å². The van der Waals surface area contributed by atoms with Gasteiger partial charge in [0.1, 0.15) is 10.6 Å². The zero-order chi connectivity index (χ0) is 21.2. The maximum absolute atomic E-state index is 13.1. The van der Waals surface area contributed by atoms with Crippen molar-refractivity contribution in [1.82, 2.24) is 5.16 Å². The van der Waals surface area contributed by atoms with Crippen molar-refractivity contribution in [1.29, 1.82) is 0 Å². The number of rotatable bonds is 5. The third kappa shape index (κ3) is 2.85. The monoisotopic (exact) mass is 437 g/mol. The fourth-order valence-corrected chi connectivity index (χ4v) is 5.97. The van der Waals surface area contributed by atoms with Gasteiger partial charge in [-0.25, -0.2) is 8.42 Å². The first kappa shape index (κ1) is 18.7. The van der Waals surface area contributed by atoms with Crippen LogP contribution in [0.2, 0.25) is 0 Å². The number of hydrogen-bond donors (Lipinski definition) is 1. The van der Waals surface area contributed by atoms with E-state index >= 15 is 0 Å². The zero-order valence-corrected chi connectivity index (χ0v) is 18.0. The van der Waals surface area contributed by atoms with Crippen LogP contribution >= 0.6 is 0 Å². The molecular weight excluding hydrogens is 414 g/mol. The summed E-state index contributed by atoms with van der Waals surface area (Å²) in [7, 11) is -2.42. The van der Waals surface area contributed by atoms with Crippen LogP contribution in [-0.4, -0.2) is 33.8 Å². The molecule has 1 N–H and O–H groups in total. The van der Waals surface area contributed by atoms with Crippen LogP contribution in [0.1, 0.15) is 30.4 Å². The maximum Gasteiger partial charge on any atom is 0.266 e. The molecule has 7 nitrogen and oxygen atoms in total. The number of sulfonamides is 1. The van der Waals surface area contributed by atoms with Crippen molar-refractivity contribution in [3.8, 4) is 17.1 Å². The SMILES string of the molecule is COc1ccccc1S(=O)(=O)Nc1noc2c1CC1(CC1)c1ccc(N3CCC3)cc1-2. The predicted molar refractivity (Wildman–Crippen MR) is 117 cm³/mol. The summed E-state index contributed by atoms with van der Waals surface area (Å²) in [6.07, 6.45) is 4.12. The Bertz CT molecular complexity index is 1290. The Morgan fingerprint density at radius 2 is 1.97 bits per heavy atom. The average Bonchev–Trinajstić information content (AvgIpc) is 3.40. The lowest BCUT2D eigenvalue weighted by Crippen LogP contribution is -2.37. The molecule has 0 bridgehead atoms. The van der Waals surface area contributed by atoms with Gasteiger partial charge in [0.25, 0.3) is 10.0 Å². The Balaban J connectivity index is 1.41. The van der Waals surface area contributed by atoms with E-state index in [1.165, 1.54) is 30.8 Å². The van der Waals surface area contributed by atoms with Gasteiger partial charge in [0.2, 0.25) is 0 Å². The van der Waals surface area contributed by atoms with Gasteiger partial charge in [-0.3, -0.25) is 4.72 Å². The molecule has 160 valence electrons. The second-order valence-electron chi connectivity index (χ2n) is 8.62. The lowest BCUT2D eigenvalue weighted by molar-refractivity contribution is 0.403. The molecule has 0 amide bonds. The molecule has 2 aromatic carbocycles. The molecule has 1 saturated carbocycles. The molecule has 6 rings (SSSR count). The third-order valence-corrected chi connectivity index (χ3v) is 8.17. The number of nitrogens with one attached hydrogen (secondary N) is 1. The molecule has 0 unspecified atom stereocenters. The van der Waals surface area contributed by atoms with Gasteiger partial charge in [0.05, 0.1) is 7.11 Å². The quantitative estimate of drug-likeness (QED) is 0.651. The lowest BCUT2D eigenvalue weighted by Gasteiger charge is -2.34. The molecule has 1 saturated heterocycles. The van der Waals surface area contributed by atoms with Crippen molar-refractivity contribution < 1.29 is 17.7 Å². The number of fused-ring (bicyclic) bond motifs is 4. The Hall–Kier alpha value is -3.00. The van der Waals surface area contributed by atoms with E-state index in [1.54, 1.807) is 18.2 Å². The number of ether oxygens (including phenoxy) is 1. The number of para-hydroxylation sites is 1. The van der Waals surface area contributed by atoms with Crippen LogP contribution in [0.25, 0.3) is 11.3 Å². The zero-order valence-electron chi connectivity index (χ0n) is 17.2. The highest BCUT2D eigenvalue weighted by molar-refractivity contribution is 7.92. The van der Waals surface area contributed by atoms with E-state index in [4.69, 9.17) is 9.26 Å². The van der Waals surface area contributed by atoms with Crippen molar-refractivity contribution in [3.05, 3.63) is 53.6 Å². The summed E-state index contributed by atoms with van der Waals surface area (Å²) in [5.41, 5.74) is 4.41. The minimum atomic E-state index is -3.88. The van der Waals surface area contributed by atoms with Crippen LogP contribution in [0.4, 0.5) is 11.5 Å². The number of anilines is 2. The van der Waals surface area contributed by atoms with E-state index in [1.807, 2.05) is 0 Å². The van der Waals surface area contributed by atoms with Crippen molar-refractivity contribution >= 4 is 21.5 Å². The molecule has 2 fully saturated rings. The van der Waals surface area contributed by atoms with Crippen LogP contribution in [0.3, 0.4) is 0 Å². The minimum Gasteiger partial charge on any atom is -0.495 e. The smallest absolute Gasteiger partial charge is 0.266 e. The van der Waals surface area contributed by atoms with Crippen LogP contribution in [0, 0.1) is 0 Å². The highest BCUT2D eigenvalue weighted by Crippen LogP contribution is 2.58. The molecule has 3 aliphatic rings. The number of benzene rings is 2. The van der Waals surface area contributed by atoms with E-state index in [0.717, 1.165) is 43.5 Å². The summed E-state index contributed by atoms with van der Waals surface area (Å²) in [6.45, 7) is 2.13. The topological polar surface area (TPSA) is 84.7 Å². The maximum atomic E-state index is 13.1. The van der Waals surface area contributed by atoms with Gasteiger partial charge >= 0.3 is 0 Å². The Kier molecular flexibility index (Phi) is 3.93. The summed E-state index contributed by atoms with van der Waals surface area (Å²) in [4.78, 5) is 2.42. The standard InChI is InChI=1S/C23H23N3O4S/c1-29-19-5-2-3-6-20(19)31(27,28)25-22-17-14-23(9-10-23)18-8-7-15(26-11-4-12-26)13-16(18)21(17)30-24-22/h2-3,5-8,13H,4,9-12,14H2,1H3,(H,24,25). The molecule has 2 aliphatic carbocycles. The predicted octanol–water partition coefficient (Wildman–Crippen LogP) is 3.95. The van der Waals surface area contributed by atoms with E-state index in [2.05, 4.69) is 33.0 Å². The van der Waals surface area contributed by atoms with E-state index in [9.17, 15) is 8.42 Å². The molecule has 31 heavy (non-hydrogen) atoms. The van der Waals surface area contributed by atoms with Crippen molar-refractivity contribution in [2.24, 2.45) is 0 Å². The van der Waals surface area contributed by atoms with Crippen molar-refractivity contribution in [2.75, 3.05) is 29.8 Å². The number of hydrogen-bond acceptors (Lipinski definition) is 6. The second kappa shape index (κ2) is 6.50. The molecule has 8 heteroatoms. The Morgan fingerprint density at radius 3 is 2.68 bits per heavy atom. The fourth-order valence-electron chi connectivity index (χ4n) is 4.77. The number of methoxy groups -OCH3 is 1.